The Morgan fingerprint density at radius 3 is 2.66 bits per heavy atom. The SMILES string of the molecule is CCC/C(=C\c1ccc(O)c2ccccc12)CC[C@H]1OB(O)C[C@H]2C1=C(CO)CS2(=O)=O. The van der Waals surface area contributed by atoms with Gasteiger partial charge >= 0.3 is 7.12 Å². The Balaban J connectivity index is 1.61. The van der Waals surface area contributed by atoms with Crippen molar-refractivity contribution in [2.75, 3.05) is 12.4 Å². The van der Waals surface area contributed by atoms with Gasteiger partial charge in [-0.25, -0.2) is 8.42 Å². The van der Waals surface area contributed by atoms with E-state index in [4.69, 9.17) is 4.65 Å². The smallest absolute Gasteiger partial charge is 0.456 e. The van der Waals surface area contributed by atoms with Crippen molar-refractivity contribution in [3.8, 4) is 5.75 Å². The van der Waals surface area contributed by atoms with E-state index in [1.54, 1.807) is 6.07 Å². The Morgan fingerprint density at radius 2 is 1.94 bits per heavy atom. The molecule has 0 aliphatic carbocycles. The van der Waals surface area contributed by atoms with Gasteiger partial charge in [0.25, 0.3) is 0 Å². The summed E-state index contributed by atoms with van der Waals surface area (Å²) in [6, 6.07) is 11.3. The van der Waals surface area contributed by atoms with Crippen molar-refractivity contribution >= 4 is 33.8 Å². The lowest BCUT2D eigenvalue weighted by molar-refractivity contribution is 0.168. The van der Waals surface area contributed by atoms with Crippen molar-refractivity contribution in [2.24, 2.45) is 0 Å². The molecular weight excluding hydrogens is 427 g/mol. The molecule has 1 saturated heterocycles. The number of benzene rings is 2. The maximum Gasteiger partial charge on any atom is 0.456 e. The number of phenols is 1. The van der Waals surface area contributed by atoms with E-state index in [9.17, 15) is 23.7 Å². The summed E-state index contributed by atoms with van der Waals surface area (Å²) in [6.45, 7) is 1.80. The Labute approximate surface area is 189 Å². The third-order valence-electron chi connectivity index (χ3n) is 6.43. The second-order valence-electron chi connectivity index (χ2n) is 8.64. The number of fused-ring (bicyclic) bond motifs is 2. The molecule has 0 aromatic heterocycles. The Morgan fingerprint density at radius 1 is 1.19 bits per heavy atom. The van der Waals surface area contributed by atoms with Crippen LogP contribution in [-0.2, 0) is 14.5 Å². The molecule has 170 valence electrons. The van der Waals surface area contributed by atoms with Crippen LogP contribution < -0.4 is 0 Å². The molecule has 2 atom stereocenters. The van der Waals surface area contributed by atoms with Crippen LogP contribution in [0, 0.1) is 0 Å². The molecule has 8 heteroatoms. The number of allylic oxidation sites excluding steroid dienone is 1. The van der Waals surface area contributed by atoms with Crippen molar-refractivity contribution in [1.82, 2.24) is 0 Å². The van der Waals surface area contributed by atoms with Crippen molar-refractivity contribution in [1.29, 1.82) is 0 Å². The molecular formula is C24H29BO6S. The molecule has 0 saturated carbocycles. The van der Waals surface area contributed by atoms with Gasteiger partial charge in [-0.2, -0.15) is 0 Å². The van der Waals surface area contributed by atoms with Crippen LogP contribution >= 0.6 is 0 Å². The highest BCUT2D eigenvalue weighted by molar-refractivity contribution is 7.92. The molecule has 32 heavy (non-hydrogen) atoms. The quantitative estimate of drug-likeness (QED) is 0.436. The molecule has 2 aromatic rings. The molecule has 0 spiro atoms. The highest BCUT2D eigenvalue weighted by atomic mass is 32.2. The van der Waals surface area contributed by atoms with Crippen LogP contribution in [0.2, 0.25) is 6.32 Å². The molecule has 0 radical (unpaired) electrons. The number of hydrogen-bond acceptors (Lipinski definition) is 6. The van der Waals surface area contributed by atoms with E-state index in [2.05, 4.69) is 13.0 Å². The summed E-state index contributed by atoms with van der Waals surface area (Å²) < 4.78 is 30.8. The predicted octanol–water partition coefficient (Wildman–Crippen LogP) is 3.47. The minimum Gasteiger partial charge on any atom is -0.507 e. The molecule has 6 nitrogen and oxygen atoms in total. The van der Waals surface area contributed by atoms with Crippen molar-refractivity contribution in [3.63, 3.8) is 0 Å². The minimum absolute atomic E-state index is 0.0226. The standard InChI is InChI=1S/C24H29BO6S/c1-2-5-16(12-17-9-10-21(27)20-7-4-3-6-19(17)20)8-11-22-24-18(14-26)15-32(29,30)23(24)13-25(28)31-22/h3-4,6-7,9-10,12,22-23,26-28H,2,5,8,11,13-15H2,1H3/b16-12+/t22-,23+/m1/s1. The third-order valence-corrected chi connectivity index (χ3v) is 8.50. The summed E-state index contributed by atoms with van der Waals surface area (Å²) >= 11 is 0. The normalized spacial score (nSPS) is 23.1. The summed E-state index contributed by atoms with van der Waals surface area (Å²) in [5.74, 6) is 0.0871. The van der Waals surface area contributed by atoms with Crippen LogP contribution in [0.5, 0.6) is 5.75 Å². The fraction of sp³-hybridized carbons (Fsp3) is 0.417. The van der Waals surface area contributed by atoms with E-state index in [-0.39, 0.29) is 24.4 Å². The van der Waals surface area contributed by atoms with Gasteiger partial charge in [0.1, 0.15) is 5.75 Å². The van der Waals surface area contributed by atoms with Gasteiger partial charge in [0.2, 0.25) is 0 Å². The van der Waals surface area contributed by atoms with Gasteiger partial charge in [-0.1, -0.05) is 55.3 Å². The lowest BCUT2D eigenvalue weighted by Crippen LogP contribution is -2.42. The largest absolute Gasteiger partial charge is 0.507 e. The van der Waals surface area contributed by atoms with Crippen molar-refractivity contribution in [3.05, 3.63) is 58.7 Å². The molecule has 2 aliphatic rings. The molecule has 4 rings (SSSR count). The van der Waals surface area contributed by atoms with Gasteiger partial charge in [-0.3, -0.25) is 0 Å². The number of sulfone groups is 1. The monoisotopic (exact) mass is 456 g/mol. The second-order valence-corrected chi connectivity index (χ2v) is 10.8. The molecule has 3 N–H and O–H groups in total. The van der Waals surface area contributed by atoms with Gasteiger partial charge in [0.05, 0.1) is 23.7 Å². The number of phenolic OH excluding ortho intramolecular Hbond substituents is 1. The molecule has 2 aliphatic heterocycles. The zero-order valence-electron chi connectivity index (χ0n) is 18.2. The van der Waals surface area contributed by atoms with Crippen LogP contribution in [0.25, 0.3) is 16.8 Å². The van der Waals surface area contributed by atoms with Crippen molar-refractivity contribution < 1.29 is 28.3 Å². The Kier molecular flexibility index (Phi) is 6.76. The highest BCUT2D eigenvalue weighted by Gasteiger charge is 2.48. The van der Waals surface area contributed by atoms with Gasteiger partial charge in [0, 0.05) is 11.7 Å². The summed E-state index contributed by atoms with van der Waals surface area (Å²) in [7, 11) is -4.54. The first-order valence-electron chi connectivity index (χ1n) is 11.1. The fourth-order valence-corrected chi connectivity index (χ4v) is 7.09. The summed E-state index contributed by atoms with van der Waals surface area (Å²) in [5.41, 5.74) is 3.36. The lowest BCUT2D eigenvalue weighted by Gasteiger charge is -2.32. The van der Waals surface area contributed by atoms with Gasteiger partial charge in [-0.15, -0.1) is 0 Å². The van der Waals surface area contributed by atoms with E-state index < -0.39 is 28.3 Å². The van der Waals surface area contributed by atoms with E-state index in [1.807, 2.05) is 30.3 Å². The molecule has 2 heterocycles. The number of hydrogen-bond donors (Lipinski definition) is 3. The first-order chi connectivity index (χ1) is 15.3. The first-order valence-corrected chi connectivity index (χ1v) is 12.8. The summed E-state index contributed by atoms with van der Waals surface area (Å²) in [6.07, 6.45) is 4.67. The van der Waals surface area contributed by atoms with Gasteiger partial charge < -0.3 is 19.9 Å². The summed E-state index contributed by atoms with van der Waals surface area (Å²) in [4.78, 5) is 0. The maximum atomic E-state index is 12.5. The number of aromatic hydroxyl groups is 1. The Bertz CT molecular complexity index is 1170. The minimum atomic E-state index is -3.41. The van der Waals surface area contributed by atoms with Crippen LogP contribution in [0.15, 0.2) is 53.1 Å². The summed E-state index contributed by atoms with van der Waals surface area (Å²) in [5, 5.41) is 31.1. The number of rotatable bonds is 7. The third kappa shape index (κ3) is 4.50. The molecule has 0 unspecified atom stereocenters. The lowest BCUT2D eigenvalue weighted by atomic mass is 9.74. The van der Waals surface area contributed by atoms with Crippen LogP contribution in [0.1, 0.15) is 38.2 Å². The molecule has 1 fully saturated rings. The fourth-order valence-electron chi connectivity index (χ4n) is 4.98. The molecule has 0 bridgehead atoms. The second kappa shape index (κ2) is 9.39. The topological polar surface area (TPSA) is 104 Å². The van der Waals surface area contributed by atoms with Crippen molar-refractivity contribution in [2.45, 2.75) is 50.3 Å². The average Bonchev–Trinajstić information content (AvgIpc) is 3.04. The number of aliphatic hydroxyl groups excluding tert-OH is 1. The first kappa shape index (κ1) is 23.0. The van der Waals surface area contributed by atoms with Crippen LogP contribution in [0.4, 0.5) is 0 Å². The highest BCUT2D eigenvalue weighted by Crippen LogP contribution is 2.39. The van der Waals surface area contributed by atoms with Gasteiger partial charge in [0.15, 0.2) is 9.84 Å². The van der Waals surface area contributed by atoms with Crippen LogP contribution in [-0.4, -0.2) is 54.5 Å². The van der Waals surface area contributed by atoms with E-state index in [0.717, 1.165) is 29.2 Å². The zero-order valence-corrected chi connectivity index (χ0v) is 19.0. The van der Waals surface area contributed by atoms with E-state index >= 15 is 0 Å². The van der Waals surface area contributed by atoms with E-state index in [1.165, 1.54) is 5.57 Å². The predicted molar refractivity (Wildman–Crippen MR) is 127 cm³/mol. The van der Waals surface area contributed by atoms with Gasteiger partial charge in [-0.05, 0) is 47.4 Å². The zero-order chi connectivity index (χ0) is 22.9. The van der Waals surface area contributed by atoms with Crippen LogP contribution in [0.3, 0.4) is 0 Å². The maximum absolute atomic E-state index is 12.5. The Hall–Kier alpha value is -2.13. The average molecular weight is 456 g/mol. The number of aliphatic hydroxyl groups is 1. The molecule has 2 aromatic carbocycles. The molecule has 0 amide bonds. The van der Waals surface area contributed by atoms with E-state index in [0.29, 0.717) is 24.0 Å².